The Morgan fingerprint density at radius 1 is 1.50 bits per heavy atom. The molecule has 0 aliphatic heterocycles. The average molecular weight is 232 g/mol. The minimum absolute atomic E-state index is 0.521. The van der Waals surface area contributed by atoms with E-state index in [0.717, 1.165) is 30.1 Å². The summed E-state index contributed by atoms with van der Waals surface area (Å²) >= 11 is 7.70. The molecule has 1 rings (SSSR count). The van der Waals surface area contributed by atoms with E-state index in [1.165, 1.54) is 6.33 Å². The Morgan fingerprint density at radius 3 is 3.00 bits per heavy atom. The van der Waals surface area contributed by atoms with E-state index in [1.54, 1.807) is 0 Å². The molecule has 1 aromatic rings. The molecular formula is C9H14ClN3S. The molecule has 78 valence electrons. The number of anilines is 1. The fourth-order valence-electron chi connectivity index (χ4n) is 1.03. The third-order valence-corrected chi connectivity index (χ3v) is 2.92. The van der Waals surface area contributed by atoms with Crippen LogP contribution >= 0.6 is 23.4 Å². The van der Waals surface area contributed by atoms with E-state index in [-0.39, 0.29) is 0 Å². The van der Waals surface area contributed by atoms with Crippen molar-refractivity contribution in [2.75, 3.05) is 23.9 Å². The first-order chi connectivity index (χ1) is 6.75. The second kappa shape index (κ2) is 6.09. The van der Waals surface area contributed by atoms with Crippen LogP contribution in [0.4, 0.5) is 5.82 Å². The van der Waals surface area contributed by atoms with Crippen molar-refractivity contribution in [3.8, 4) is 0 Å². The van der Waals surface area contributed by atoms with Crippen LogP contribution in [-0.2, 0) is 0 Å². The Morgan fingerprint density at radius 2 is 2.29 bits per heavy atom. The maximum Gasteiger partial charge on any atom is 0.137 e. The van der Waals surface area contributed by atoms with Gasteiger partial charge in [-0.3, -0.25) is 0 Å². The Bertz CT molecular complexity index is 293. The molecule has 1 heterocycles. The van der Waals surface area contributed by atoms with Crippen LogP contribution in [0.2, 0.25) is 5.15 Å². The summed E-state index contributed by atoms with van der Waals surface area (Å²) in [5, 5.41) is 3.76. The summed E-state index contributed by atoms with van der Waals surface area (Å²) in [6.07, 6.45) is 4.71. The average Bonchev–Trinajstić information content (AvgIpc) is 2.19. The first-order valence-electron chi connectivity index (χ1n) is 4.45. The molecule has 0 atom stereocenters. The highest BCUT2D eigenvalue weighted by Gasteiger charge is 2.02. The van der Waals surface area contributed by atoms with Gasteiger partial charge in [-0.25, -0.2) is 9.97 Å². The van der Waals surface area contributed by atoms with Gasteiger partial charge in [0.2, 0.25) is 0 Å². The summed E-state index contributed by atoms with van der Waals surface area (Å²) in [4.78, 5) is 8.02. The Hall–Kier alpha value is -0.480. The summed E-state index contributed by atoms with van der Waals surface area (Å²) in [6.45, 7) is 2.84. The van der Waals surface area contributed by atoms with E-state index >= 15 is 0 Å². The number of rotatable bonds is 5. The van der Waals surface area contributed by atoms with Crippen molar-refractivity contribution in [3.63, 3.8) is 0 Å². The van der Waals surface area contributed by atoms with E-state index in [9.17, 15) is 0 Å². The molecule has 0 fully saturated rings. The maximum absolute atomic E-state index is 5.86. The number of hydrogen-bond donors (Lipinski definition) is 1. The minimum Gasteiger partial charge on any atom is -0.370 e. The molecule has 1 aromatic heterocycles. The van der Waals surface area contributed by atoms with Gasteiger partial charge >= 0.3 is 0 Å². The number of aromatic nitrogens is 2. The molecule has 0 aliphatic carbocycles. The number of nitrogens with zero attached hydrogens (tertiary/aromatic N) is 2. The van der Waals surface area contributed by atoms with Gasteiger partial charge in [0.25, 0.3) is 0 Å². The monoisotopic (exact) mass is 231 g/mol. The van der Waals surface area contributed by atoms with Gasteiger partial charge in [0.1, 0.15) is 17.3 Å². The zero-order valence-corrected chi connectivity index (χ0v) is 9.95. The first kappa shape index (κ1) is 11.6. The second-order valence-electron chi connectivity index (χ2n) is 2.91. The topological polar surface area (TPSA) is 37.8 Å². The fourth-order valence-corrected chi connectivity index (χ4v) is 1.60. The highest BCUT2D eigenvalue weighted by atomic mass is 35.5. The summed E-state index contributed by atoms with van der Waals surface area (Å²) in [6, 6.07) is 0. The highest BCUT2D eigenvalue weighted by Crippen LogP contribution is 2.17. The van der Waals surface area contributed by atoms with Gasteiger partial charge in [0, 0.05) is 12.1 Å². The summed E-state index contributed by atoms with van der Waals surface area (Å²) in [5.41, 5.74) is 0.915. The largest absolute Gasteiger partial charge is 0.370 e. The lowest BCUT2D eigenvalue weighted by molar-refractivity contribution is 0.970. The van der Waals surface area contributed by atoms with Crippen molar-refractivity contribution in [1.29, 1.82) is 0 Å². The van der Waals surface area contributed by atoms with E-state index in [1.807, 2.05) is 18.7 Å². The highest BCUT2D eigenvalue weighted by molar-refractivity contribution is 7.98. The van der Waals surface area contributed by atoms with Gasteiger partial charge in [0.05, 0.1) is 0 Å². The van der Waals surface area contributed by atoms with Crippen molar-refractivity contribution < 1.29 is 0 Å². The smallest absolute Gasteiger partial charge is 0.137 e. The molecule has 0 aliphatic rings. The van der Waals surface area contributed by atoms with Crippen LogP contribution in [0.15, 0.2) is 6.33 Å². The van der Waals surface area contributed by atoms with Crippen molar-refractivity contribution in [2.45, 2.75) is 13.3 Å². The second-order valence-corrected chi connectivity index (χ2v) is 4.25. The third kappa shape index (κ3) is 3.35. The lowest BCUT2D eigenvalue weighted by Crippen LogP contribution is -2.06. The SMILES string of the molecule is CSCCCNc1ncnc(Cl)c1C. The summed E-state index contributed by atoms with van der Waals surface area (Å²) in [7, 11) is 0. The summed E-state index contributed by atoms with van der Waals surface area (Å²) in [5.74, 6) is 2.00. The van der Waals surface area contributed by atoms with E-state index in [0.29, 0.717) is 5.15 Å². The molecule has 5 heteroatoms. The van der Waals surface area contributed by atoms with Crippen molar-refractivity contribution in [1.82, 2.24) is 9.97 Å². The zero-order valence-electron chi connectivity index (χ0n) is 8.38. The predicted octanol–water partition coefficient (Wildman–Crippen LogP) is 2.60. The van der Waals surface area contributed by atoms with Crippen molar-refractivity contribution >= 4 is 29.2 Å². The Balaban J connectivity index is 2.46. The number of halogens is 1. The van der Waals surface area contributed by atoms with Gasteiger partial charge in [-0.2, -0.15) is 11.8 Å². The number of hydrogen-bond acceptors (Lipinski definition) is 4. The van der Waals surface area contributed by atoms with Gasteiger partial charge in [-0.15, -0.1) is 0 Å². The quantitative estimate of drug-likeness (QED) is 0.625. The predicted molar refractivity (Wildman–Crippen MR) is 63.3 cm³/mol. The Labute approximate surface area is 93.7 Å². The fraction of sp³-hybridized carbons (Fsp3) is 0.556. The van der Waals surface area contributed by atoms with Crippen LogP contribution in [0, 0.1) is 6.92 Å². The van der Waals surface area contributed by atoms with E-state index < -0.39 is 0 Å². The van der Waals surface area contributed by atoms with Gasteiger partial charge in [-0.05, 0) is 25.4 Å². The van der Waals surface area contributed by atoms with Gasteiger partial charge < -0.3 is 5.32 Å². The number of nitrogens with one attached hydrogen (secondary N) is 1. The minimum atomic E-state index is 0.521. The molecule has 0 aromatic carbocycles. The van der Waals surface area contributed by atoms with Crippen molar-refractivity contribution in [3.05, 3.63) is 17.0 Å². The zero-order chi connectivity index (χ0) is 10.4. The maximum atomic E-state index is 5.86. The normalized spacial score (nSPS) is 10.2. The third-order valence-electron chi connectivity index (χ3n) is 1.84. The van der Waals surface area contributed by atoms with Crippen LogP contribution in [0.3, 0.4) is 0 Å². The molecular weight excluding hydrogens is 218 g/mol. The van der Waals surface area contributed by atoms with Gasteiger partial charge in [-0.1, -0.05) is 11.6 Å². The number of thioether (sulfide) groups is 1. The molecule has 0 radical (unpaired) electrons. The van der Waals surface area contributed by atoms with Crippen LogP contribution in [0.25, 0.3) is 0 Å². The van der Waals surface area contributed by atoms with Crippen LogP contribution in [0.5, 0.6) is 0 Å². The molecule has 0 unspecified atom stereocenters. The molecule has 0 bridgehead atoms. The standard InChI is InChI=1S/C9H14ClN3S/c1-7-8(10)12-6-13-9(7)11-4-3-5-14-2/h6H,3-5H2,1-2H3,(H,11,12,13). The molecule has 3 nitrogen and oxygen atoms in total. The lowest BCUT2D eigenvalue weighted by atomic mass is 10.3. The summed E-state index contributed by atoms with van der Waals surface area (Å²) < 4.78 is 0. The molecule has 0 saturated carbocycles. The van der Waals surface area contributed by atoms with Crippen molar-refractivity contribution in [2.24, 2.45) is 0 Å². The van der Waals surface area contributed by atoms with Crippen LogP contribution in [-0.4, -0.2) is 28.5 Å². The molecule has 0 amide bonds. The van der Waals surface area contributed by atoms with E-state index in [4.69, 9.17) is 11.6 Å². The molecule has 14 heavy (non-hydrogen) atoms. The molecule has 1 N–H and O–H groups in total. The van der Waals surface area contributed by atoms with Crippen LogP contribution in [0.1, 0.15) is 12.0 Å². The van der Waals surface area contributed by atoms with Crippen LogP contribution < -0.4 is 5.32 Å². The Kier molecular flexibility index (Phi) is 5.04. The van der Waals surface area contributed by atoms with E-state index in [2.05, 4.69) is 21.5 Å². The lowest BCUT2D eigenvalue weighted by Gasteiger charge is -2.07. The molecule has 0 saturated heterocycles. The van der Waals surface area contributed by atoms with Gasteiger partial charge in [0.15, 0.2) is 0 Å². The first-order valence-corrected chi connectivity index (χ1v) is 6.22. The molecule has 0 spiro atoms.